The van der Waals surface area contributed by atoms with Gasteiger partial charge < -0.3 is 0 Å². The first-order valence-corrected chi connectivity index (χ1v) is 6.21. The maximum atomic E-state index is 5.61. The normalized spacial score (nSPS) is 26.3. The van der Waals surface area contributed by atoms with Crippen molar-refractivity contribution in [2.75, 3.05) is 0 Å². The van der Waals surface area contributed by atoms with Gasteiger partial charge in [0.25, 0.3) is 0 Å². The molecule has 1 aromatic carbocycles. The lowest BCUT2D eigenvalue weighted by Gasteiger charge is -2.16. The van der Waals surface area contributed by atoms with E-state index < -0.39 is 0 Å². The van der Waals surface area contributed by atoms with Crippen LogP contribution in [0.15, 0.2) is 28.7 Å². The summed E-state index contributed by atoms with van der Waals surface area (Å²) in [6.45, 7) is 2.29. The van der Waals surface area contributed by atoms with Crippen LogP contribution in [0.5, 0.6) is 0 Å². The Bertz CT molecular complexity index is 340. The van der Waals surface area contributed by atoms with Crippen LogP contribution in [-0.4, -0.2) is 6.04 Å². The van der Waals surface area contributed by atoms with Gasteiger partial charge in [0, 0.05) is 10.5 Å². The zero-order chi connectivity index (χ0) is 10.8. The number of halogens is 1. The molecule has 2 rings (SSSR count). The minimum atomic E-state index is 0.415. The van der Waals surface area contributed by atoms with Gasteiger partial charge in [-0.3, -0.25) is 11.3 Å². The molecule has 2 nitrogen and oxygen atoms in total. The molecule has 0 aromatic heterocycles. The highest BCUT2D eigenvalue weighted by Crippen LogP contribution is 2.41. The average Bonchev–Trinajstić information content (AvgIpc) is 2.94. The molecule has 1 aliphatic rings. The van der Waals surface area contributed by atoms with Crippen LogP contribution in [-0.2, 0) is 6.42 Å². The van der Waals surface area contributed by atoms with Crippen LogP contribution >= 0.6 is 15.9 Å². The van der Waals surface area contributed by atoms with Crippen LogP contribution in [0.3, 0.4) is 0 Å². The van der Waals surface area contributed by atoms with Gasteiger partial charge in [-0.05, 0) is 36.3 Å². The summed E-state index contributed by atoms with van der Waals surface area (Å²) in [5.74, 6) is 7.19. The van der Waals surface area contributed by atoms with Gasteiger partial charge in [-0.25, -0.2) is 0 Å². The molecule has 3 unspecified atom stereocenters. The quantitative estimate of drug-likeness (QED) is 0.651. The Morgan fingerprint density at radius 3 is 2.73 bits per heavy atom. The molecule has 1 aliphatic carbocycles. The highest BCUT2D eigenvalue weighted by atomic mass is 79.9. The van der Waals surface area contributed by atoms with Crippen LogP contribution in [0.2, 0.25) is 0 Å². The van der Waals surface area contributed by atoms with E-state index in [1.165, 1.54) is 16.5 Å². The van der Waals surface area contributed by atoms with Crippen LogP contribution in [0.4, 0.5) is 0 Å². The number of hydrogen-bond acceptors (Lipinski definition) is 2. The number of hydrogen-bond donors (Lipinski definition) is 2. The fourth-order valence-electron chi connectivity index (χ4n) is 2.15. The predicted octanol–water partition coefficient (Wildman–Crippen LogP) is 2.48. The summed E-state index contributed by atoms with van der Waals surface area (Å²) >= 11 is 3.57. The lowest BCUT2D eigenvalue weighted by Crippen LogP contribution is -2.39. The number of nitrogens with two attached hydrogens (primary N) is 1. The van der Waals surface area contributed by atoms with Crippen molar-refractivity contribution >= 4 is 15.9 Å². The van der Waals surface area contributed by atoms with Crippen molar-refractivity contribution < 1.29 is 0 Å². The van der Waals surface area contributed by atoms with E-state index in [1.54, 1.807) is 0 Å². The van der Waals surface area contributed by atoms with Crippen LogP contribution in [0.1, 0.15) is 18.9 Å². The first kappa shape index (κ1) is 11.1. The van der Waals surface area contributed by atoms with E-state index in [2.05, 4.69) is 46.5 Å². The molecule has 3 N–H and O–H groups in total. The van der Waals surface area contributed by atoms with Gasteiger partial charge >= 0.3 is 0 Å². The van der Waals surface area contributed by atoms with E-state index >= 15 is 0 Å². The van der Waals surface area contributed by atoms with Gasteiger partial charge in [-0.1, -0.05) is 41.1 Å². The van der Waals surface area contributed by atoms with Crippen molar-refractivity contribution in [2.24, 2.45) is 17.7 Å². The average molecular weight is 269 g/mol. The first-order valence-electron chi connectivity index (χ1n) is 5.42. The highest BCUT2D eigenvalue weighted by Gasteiger charge is 2.38. The van der Waals surface area contributed by atoms with Crippen molar-refractivity contribution in [3.05, 3.63) is 34.3 Å². The number of hydrazine groups is 1. The molecule has 0 heterocycles. The third kappa shape index (κ3) is 2.60. The summed E-state index contributed by atoms with van der Waals surface area (Å²) < 4.78 is 1.18. The van der Waals surface area contributed by atoms with E-state index in [4.69, 9.17) is 5.84 Å². The maximum Gasteiger partial charge on any atom is 0.0282 e. The second kappa shape index (κ2) is 4.64. The molecule has 1 aromatic rings. The zero-order valence-electron chi connectivity index (χ0n) is 8.91. The largest absolute Gasteiger partial charge is 0.271 e. The summed E-state index contributed by atoms with van der Waals surface area (Å²) in [5, 5.41) is 0. The van der Waals surface area contributed by atoms with Gasteiger partial charge in [0.05, 0.1) is 0 Å². The highest BCUT2D eigenvalue weighted by molar-refractivity contribution is 9.10. The van der Waals surface area contributed by atoms with E-state index in [0.29, 0.717) is 6.04 Å². The van der Waals surface area contributed by atoms with Crippen molar-refractivity contribution in [3.8, 4) is 0 Å². The van der Waals surface area contributed by atoms with Gasteiger partial charge in [0.15, 0.2) is 0 Å². The van der Waals surface area contributed by atoms with E-state index in [-0.39, 0.29) is 0 Å². The van der Waals surface area contributed by atoms with Gasteiger partial charge in [-0.15, -0.1) is 0 Å². The van der Waals surface area contributed by atoms with E-state index in [1.807, 2.05) is 6.07 Å². The third-order valence-electron chi connectivity index (χ3n) is 3.30. The second-order valence-corrected chi connectivity index (χ2v) is 5.30. The molecule has 0 amide bonds. The summed E-state index contributed by atoms with van der Waals surface area (Å²) in [6.07, 6.45) is 2.31. The molecule has 0 aliphatic heterocycles. The molecule has 0 saturated heterocycles. The fraction of sp³-hybridized carbons (Fsp3) is 0.500. The molecule has 3 heteroatoms. The van der Waals surface area contributed by atoms with Gasteiger partial charge in [0.2, 0.25) is 0 Å². The molecule has 1 saturated carbocycles. The number of nitrogens with one attached hydrogen (secondary N) is 1. The monoisotopic (exact) mass is 268 g/mol. The lowest BCUT2D eigenvalue weighted by molar-refractivity contribution is 0.454. The molecule has 15 heavy (non-hydrogen) atoms. The van der Waals surface area contributed by atoms with Crippen LogP contribution in [0.25, 0.3) is 0 Å². The molecular weight excluding hydrogens is 252 g/mol. The molecular formula is C12H17BrN2. The van der Waals surface area contributed by atoms with Crippen LogP contribution in [0, 0.1) is 11.8 Å². The molecule has 0 spiro atoms. The smallest absolute Gasteiger partial charge is 0.0282 e. The molecule has 0 bridgehead atoms. The Hall–Kier alpha value is -0.380. The van der Waals surface area contributed by atoms with E-state index in [0.717, 1.165) is 18.3 Å². The summed E-state index contributed by atoms with van der Waals surface area (Å²) in [6, 6.07) is 8.77. The minimum absolute atomic E-state index is 0.415. The summed E-state index contributed by atoms with van der Waals surface area (Å²) in [5.41, 5.74) is 4.28. The third-order valence-corrected chi connectivity index (χ3v) is 4.07. The SMILES string of the molecule is CC1CC1C(Cc1ccccc1Br)NN. The van der Waals surface area contributed by atoms with Crippen molar-refractivity contribution in [1.82, 2.24) is 5.43 Å². The predicted molar refractivity (Wildman–Crippen MR) is 66.2 cm³/mol. The second-order valence-electron chi connectivity index (χ2n) is 4.45. The Morgan fingerprint density at radius 2 is 2.20 bits per heavy atom. The maximum absolute atomic E-state index is 5.61. The van der Waals surface area contributed by atoms with Crippen LogP contribution < -0.4 is 11.3 Å². The van der Waals surface area contributed by atoms with Gasteiger partial charge in [-0.2, -0.15) is 0 Å². The Balaban J connectivity index is 2.03. The summed E-state index contributed by atoms with van der Waals surface area (Å²) in [7, 11) is 0. The molecule has 82 valence electrons. The standard InChI is InChI=1S/C12H17BrN2/c1-8-6-10(8)12(15-14)7-9-4-2-3-5-11(9)13/h2-5,8,10,12,15H,6-7,14H2,1H3. The molecule has 3 atom stereocenters. The topological polar surface area (TPSA) is 38.0 Å². The molecule has 0 radical (unpaired) electrons. The number of benzene rings is 1. The van der Waals surface area contributed by atoms with Crippen molar-refractivity contribution in [2.45, 2.75) is 25.8 Å². The fourth-order valence-corrected chi connectivity index (χ4v) is 2.59. The zero-order valence-corrected chi connectivity index (χ0v) is 10.5. The Labute approximate surface area is 99.3 Å². The lowest BCUT2D eigenvalue weighted by atomic mass is 10.0. The summed E-state index contributed by atoms with van der Waals surface area (Å²) in [4.78, 5) is 0. The van der Waals surface area contributed by atoms with Gasteiger partial charge in [0.1, 0.15) is 0 Å². The van der Waals surface area contributed by atoms with Crippen molar-refractivity contribution in [1.29, 1.82) is 0 Å². The molecule has 1 fully saturated rings. The number of rotatable bonds is 4. The first-order chi connectivity index (χ1) is 7.22. The Morgan fingerprint density at radius 1 is 1.53 bits per heavy atom. The van der Waals surface area contributed by atoms with E-state index in [9.17, 15) is 0 Å². The minimum Gasteiger partial charge on any atom is -0.271 e. The Kier molecular flexibility index (Phi) is 3.44. The van der Waals surface area contributed by atoms with Crippen molar-refractivity contribution in [3.63, 3.8) is 0 Å².